The number of hydrogen-bond donors (Lipinski definition) is 3. The second kappa shape index (κ2) is 13.6. The van der Waals surface area contributed by atoms with Gasteiger partial charge in [-0.05, 0) is 58.1 Å². The molecule has 1 aromatic heterocycles. The molecule has 1 fully saturated rings. The second-order valence-electron chi connectivity index (χ2n) is 10.1. The van der Waals surface area contributed by atoms with E-state index in [4.69, 9.17) is 4.74 Å². The Bertz CT molecular complexity index is 1180. The summed E-state index contributed by atoms with van der Waals surface area (Å²) < 4.78 is 47.0. The Morgan fingerprint density at radius 2 is 1.88 bits per heavy atom. The summed E-state index contributed by atoms with van der Waals surface area (Å²) in [5.41, 5.74) is -0.244. The van der Waals surface area contributed by atoms with Crippen LogP contribution in [0.3, 0.4) is 0 Å². The number of hydrogen-bond acceptors (Lipinski definition) is 8. The van der Waals surface area contributed by atoms with E-state index in [1.54, 1.807) is 24.1 Å². The molecule has 13 heteroatoms. The quantitative estimate of drug-likeness (QED) is 0.349. The number of benzene rings is 1. The lowest BCUT2D eigenvalue weighted by Crippen LogP contribution is -2.49. The van der Waals surface area contributed by atoms with Gasteiger partial charge in [-0.3, -0.25) is 9.59 Å². The molecule has 1 aromatic carbocycles. The number of nitrogens with one attached hydrogen (secondary N) is 3. The van der Waals surface area contributed by atoms with E-state index >= 15 is 0 Å². The number of carbonyl (C=O) groups is 2. The van der Waals surface area contributed by atoms with E-state index in [0.717, 1.165) is 32.0 Å². The van der Waals surface area contributed by atoms with Gasteiger partial charge in [0.15, 0.2) is 0 Å². The summed E-state index contributed by atoms with van der Waals surface area (Å²) in [7, 11) is 6.99. The molecule has 1 aliphatic rings. The van der Waals surface area contributed by atoms with Gasteiger partial charge in [0.05, 0.1) is 18.8 Å². The average Bonchev–Trinajstić information content (AvgIpc) is 2.90. The van der Waals surface area contributed by atoms with Crippen molar-refractivity contribution in [1.82, 2.24) is 25.1 Å². The molecule has 40 heavy (non-hydrogen) atoms. The number of aromatic nitrogens is 2. The van der Waals surface area contributed by atoms with Crippen molar-refractivity contribution in [3.8, 4) is 5.75 Å². The lowest BCUT2D eigenvalue weighted by molar-refractivity contribution is -0.137. The fraction of sp³-hybridized carbons (Fsp3) is 0.556. The van der Waals surface area contributed by atoms with Crippen LogP contribution >= 0.6 is 0 Å². The number of rotatable bonds is 11. The van der Waals surface area contributed by atoms with Crippen LogP contribution in [0.2, 0.25) is 0 Å². The molecule has 2 amide bonds. The van der Waals surface area contributed by atoms with Gasteiger partial charge in [0.1, 0.15) is 17.1 Å². The highest BCUT2D eigenvalue weighted by atomic mass is 19.4. The predicted molar refractivity (Wildman–Crippen MR) is 147 cm³/mol. The van der Waals surface area contributed by atoms with E-state index in [-0.39, 0.29) is 29.6 Å². The highest BCUT2D eigenvalue weighted by Crippen LogP contribution is 2.36. The molecule has 0 radical (unpaired) electrons. The first-order valence-electron chi connectivity index (χ1n) is 13.2. The van der Waals surface area contributed by atoms with Crippen molar-refractivity contribution in [3.63, 3.8) is 0 Å². The molecule has 1 heterocycles. The monoisotopic (exact) mass is 565 g/mol. The van der Waals surface area contributed by atoms with E-state index in [2.05, 4.69) is 25.9 Å². The van der Waals surface area contributed by atoms with Gasteiger partial charge in [0.25, 0.3) is 5.91 Å². The molecule has 0 bridgehead atoms. The Morgan fingerprint density at radius 3 is 2.52 bits per heavy atom. The Morgan fingerprint density at radius 1 is 1.15 bits per heavy atom. The van der Waals surface area contributed by atoms with Crippen molar-refractivity contribution >= 4 is 29.3 Å². The smallest absolute Gasteiger partial charge is 0.421 e. The summed E-state index contributed by atoms with van der Waals surface area (Å²) >= 11 is 0. The minimum absolute atomic E-state index is 0.0815. The molecule has 0 spiro atoms. The molecule has 1 aliphatic carbocycles. The molecule has 0 unspecified atom stereocenters. The van der Waals surface area contributed by atoms with Gasteiger partial charge in [0, 0.05) is 38.3 Å². The van der Waals surface area contributed by atoms with Crippen molar-refractivity contribution in [2.24, 2.45) is 0 Å². The largest absolute Gasteiger partial charge is 0.495 e. The first kappa shape index (κ1) is 30.9. The van der Waals surface area contributed by atoms with Crippen LogP contribution in [0.1, 0.15) is 54.9 Å². The van der Waals surface area contributed by atoms with Gasteiger partial charge in [-0.1, -0.05) is 12.8 Å². The van der Waals surface area contributed by atoms with E-state index in [0.29, 0.717) is 36.4 Å². The maximum Gasteiger partial charge on any atom is 0.421 e. The number of alkyl halides is 3. The van der Waals surface area contributed by atoms with Crippen molar-refractivity contribution in [2.75, 3.05) is 52.0 Å². The first-order chi connectivity index (χ1) is 18.9. The zero-order chi connectivity index (χ0) is 29.4. The van der Waals surface area contributed by atoms with E-state index in [1.807, 2.05) is 19.0 Å². The maximum absolute atomic E-state index is 13.9. The van der Waals surface area contributed by atoms with Gasteiger partial charge < -0.3 is 30.5 Å². The number of amides is 2. The third-order valence-corrected chi connectivity index (χ3v) is 6.92. The number of ether oxygens (including phenoxy) is 1. The molecule has 0 saturated heterocycles. The van der Waals surface area contributed by atoms with E-state index < -0.39 is 17.8 Å². The highest BCUT2D eigenvalue weighted by Gasteiger charge is 2.37. The topological polar surface area (TPSA) is 112 Å². The normalized spacial score (nSPS) is 17.3. The van der Waals surface area contributed by atoms with Crippen molar-refractivity contribution in [2.45, 2.75) is 57.3 Å². The van der Waals surface area contributed by atoms with Crippen LogP contribution in [-0.4, -0.2) is 85.0 Å². The molecular weight excluding hydrogens is 527 g/mol. The molecular formula is C27H38F3N7O3. The Kier molecular flexibility index (Phi) is 10.5. The fourth-order valence-electron chi connectivity index (χ4n) is 4.67. The minimum Gasteiger partial charge on any atom is -0.495 e. The molecule has 2 atom stereocenters. The Balaban J connectivity index is 1.82. The molecule has 0 aliphatic heterocycles. The lowest BCUT2D eigenvalue weighted by Gasteiger charge is -2.38. The van der Waals surface area contributed by atoms with Gasteiger partial charge in [-0.15, -0.1) is 0 Å². The number of anilines is 3. The number of halogens is 3. The standard InChI is InChI=1S/C27H38F3N7O3/c1-17(38)37(4)22-10-7-6-9-20(22)33-24-19(27(28,29)30)16-32-26(35-24)34-21-12-11-18(15-23(21)40-5)25(39)31-13-8-14-36(2)3/h11-12,15-16,20,22H,6-10,13-14H2,1-5H3,(H,31,39)(H2,32,33,34,35)/t20-,22-/m1/s1. The number of likely N-dealkylation sites (N-methyl/N-ethyl adjacent to an activating group) is 1. The van der Waals surface area contributed by atoms with Gasteiger partial charge >= 0.3 is 6.18 Å². The lowest BCUT2D eigenvalue weighted by atomic mass is 9.89. The van der Waals surface area contributed by atoms with Crippen LogP contribution in [0.15, 0.2) is 24.4 Å². The molecule has 220 valence electrons. The number of methoxy groups -OCH3 is 1. The molecule has 3 N–H and O–H groups in total. The summed E-state index contributed by atoms with van der Waals surface area (Å²) in [5, 5.41) is 8.72. The van der Waals surface area contributed by atoms with Crippen LogP contribution in [-0.2, 0) is 11.0 Å². The second-order valence-corrected chi connectivity index (χ2v) is 10.1. The average molecular weight is 566 g/mol. The van der Waals surface area contributed by atoms with Crippen LogP contribution in [0, 0.1) is 0 Å². The predicted octanol–water partition coefficient (Wildman–Crippen LogP) is 4.13. The van der Waals surface area contributed by atoms with Crippen LogP contribution in [0.5, 0.6) is 5.75 Å². The summed E-state index contributed by atoms with van der Waals surface area (Å²) in [6, 6.07) is 4.04. The third kappa shape index (κ3) is 8.20. The molecule has 3 rings (SSSR count). The summed E-state index contributed by atoms with van der Waals surface area (Å²) in [4.78, 5) is 36.2. The number of carbonyl (C=O) groups excluding carboxylic acids is 2. The van der Waals surface area contributed by atoms with Crippen LogP contribution in [0.25, 0.3) is 0 Å². The van der Waals surface area contributed by atoms with Crippen molar-refractivity contribution in [1.29, 1.82) is 0 Å². The summed E-state index contributed by atoms with van der Waals surface area (Å²) in [6.07, 6.45) is -0.180. The third-order valence-electron chi connectivity index (χ3n) is 6.92. The van der Waals surface area contributed by atoms with Gasteiger partial charge in [0.2, 0.25) is 11.9 Å². The van der Waals surface area contributed by atoms with Crippen LogP contribution < -0.4 is 20.7 Å². The summed E-state index contributed by atoms with van der Waals surface area (Å²) in [5.74, 6) is -0.570. The van der Waals surface area contributed by atoms with E-state index in [1.165, 1.54) is 20.1 Å². The summed E-state index contributed by atoms with van der Waals surface area (Å²) in [6.45, 7) is 2.79. The fourth-order valence-corrected chi connectivity index (χ4v) is 4.67. The molecule has 1 saturated carbocycles. The SMILES string of the molecule is COc1cc(C(=O)NCCCN(C)C)ccc1Nc1ncc(C(F)(F)F)c(N[C@@H]2CCCC[C@H]2N(C)C(C)=O)n1. The van der Waals surface area contributed by atoms with Gasteiger partial charge in [-0.25, -0.2) is 4.98 Å². The van der Waals surface area contributed by atoms with Crippen LogP contribution in [0.4, 0.5) is 30.6 Å². The minimum atomic E-state index is -4.68. The zero-order valence-corrected chi connectivity index (χ0v) is 23.6. The highest BCUT2D eigenvalue weighted by molar-refractivity contribution is 5.95. The van der Waals surface area contributed by atoms with Crippen molar-refractivity contribution in [3.05, 3.63) is 35.5 Å². The first-order valence-corrected chi connectivity index (χ1v) is 13.2. The van der Waals surface area contributed by atoms with Gasteiger partial charge in [-0.2, -0.15) is 18.2 Å². The maximum atomic E-state index is 13.9. The van der Waals surface area contributed by atoms with E-state index in [9.17, 15) is 22.8 Å². The number of nitrogens with zero attached hydrogens (tertiary/aromatic N) is 4. The molecule has 2 aromatic rings. The molecule has 10 nitrogen and oxygen atoms in total. The zero-order valence-electron chi connectivity index (χ0n) is 23.6. The Labute approximate surface area is 232 Å². The van der Waals surface area contributed by atoms with Crippen molar-refractivity contribution < 1.29 is 27.5 Å². The Hall–Kier alpha value is -3.61.